The number of thiophene rings is 1. The number of benzene rings is 7. The average molecular weight is 579 g/mol. The average Bonchev–Trinajstić information content (AvgIpc) is 3.66. The van der Waals surface area contributed by atoms with Crippen molar-refractivity contribution in [3.63, 3.8) is 0 Å². The predicted octanol–water partition coefficient (Wildman–Crippen LogP) is 12.6. The van der Waals surface area contributed by atoms with Crippen LogP contribution in [0.25, 0.3) is 86.6 Å². The van der Waals surface area contributed by atoms with Gasteiger partial charge in [-0.25, -0.2) is 0 Å². The molecule has 9 aromatic rings. The summed E-state index contributed by atoms with van der Waals surface area (Å²) in [6, 6.07) is 56.8. The van der Waals surface area contributed by atoms with E-state index in [1.165, 1.54) is 59.1 Å². The van der Waals surface area contributed by atoms with E-state index in [0.29, 0.717) is 0 Å². The summed E-state index contributed by atoms with van der Waals surface area (Å²) in [4.78, 5) is 0. The van der Waals surface area contributed by atoms with Gasteiger partial charge in [0, 0.05) is 36.5 Å². The van der Waals surface area contributed by atoms with E-state index < -0.39 is 0 Å². The summed E-state index contributed by atoms with van der Waals surface area (Å²) in [5, 5.41) is 4.87. The second-order valence-corrected chi connectivity index (χ2v) is 12.4. The Kier molecular flexibility index (Phi) is 5.75. The van der Waals surface area contributed by atoms with E-state index >= 15 is 0 Å². The Labute approximate surface area is 259 Å². The Morgan fingerprint density at radius 3 is 1.77 bits per heavy atom. The molecule has 0 fully saturated rings. The first-order chi connectivity index (χ1) is 21.8. The molecule has 206 valence electrons. The highest BCUT2D eigenvalue weighted by molar-refractivity contribution is 7.25. The maximum Gasteiger partial charge on any atom is 0.143 e. The summed E-state index contributed by atoms with van der Waals surface area (Å²) in [7, 11) is 0. The third-order valence-corrected chi connectivity index (χ3v) is 9.84. The topological polar surface area (TPSA) is 13.1 Å². The first-order valence-electron chi connectivity index (χ1n) is 14.9. The Bertz CT molecular complexity index is 2480. The van der Waals surface area contributed by atoms with Crippen molar-refractivity contribution in [3.8, 4) is 44.5 Å². The molecule has 0 amide bonds. The van der Waals surface area contributed by atoms with Crippen LogP contribution in [0.1, 0.15) is 0 Å². The summed E-state index contributed by atoms with van der Waals surface area (Å²) in [6.07, 6.45) is 0. The largest absolute Gasteiger partial charge is 0.455 e. The molecule has 0 aliphatic rings. The second-order valence-electron chi connectivity index (χ2n) is 11.3. The van der Waals surface area contributed by atoms with E-state index in [2.05, 4.69) is 152 Å². The van der Waals surface area contributed by atoms with Gasteiger partial charge in [-0.3, -0.25) is 0 Å². The van der Waals surface area contributed by atoms with Gasteiger partial charge >= 0.3 is 0 Å². The lowest BCUT2D eigenvalue weighted by Crippen LogP contribution is -1.86. The number of rotatable bonds is 4. The van der Waals surface area contributed by atoms with Gasteiger partial charge in [0.05, 0.1) is 0 Å². The lowest BCUT2D eigenvalue weighted by Gasteiger charge is -2.11. The zero-order chi connectivity index (χ0) is 29.0. The van der Waals surface area contributed by atoms with E-state index in [4.69, 9.17) is 4.42 Å². The van der Waals surface area contributed by atoms with Crippen LogP contribution in [0.5, 0.6) is 0 Å². The number of fused-ring (bicyclic) bond motifs is 6. The van der Waals surface area contributed by atoms with Gasteiger partial charge in [-0.05, 0) is 81.4 Å². The molecule has 7 aromatic carbocycles. The van der Waals surface area contributed by atoms with Gasteiger partial charge in [-0.2, -0.15) is 0 Å². The Hall–Kier alpha value is -5.44. The molecule has 2 aromatic heterocycles. The zero-order valence-electron chi connectivity index (χ0n) is 23.8. The van der Waals surface area contributed by atoms with Gasteiger partial charge in [0.1, 0.15) is 11.2 Å². The van der Waals surface area contributed by atoms with Gasteiger partial charge in [-0.1, -0.05) is 115 Å². The number of hydrogen-bond donors (Lipinski definition) is 0. The van der Waals surface area contributed by atoms with Crippen LogP contribution < -0.4 is 0 Å². The van der Waals surface area contributed by atoms with E-state index in [1.54, 1.807) is 0 Å². The third kappa shape index (κ3) is 4.15. The summed E-state index contributed by atoms with van der Waals surface area (Å²) < 4.78 is 9.17. The summed E-state index contributed by atoms with van der Waals surface area (Å²) in [6.45, 7) is 0. The Morgan fingerprint density at radius 2 is 0.932 bits per heavy atom. The summed E-state index contributed by atoms with van der Waals surface area (Å²) in [5.74, 6) is 0. The maximum atomic E-state index is 6.55. The molecule has 0 unspecified atom stereocenters. The molecule has 0 saturated heterocycles. The zero-order valence-corrected chi connectivity index (χ0v) is 24.6. The molecule has 2 heteroatoms. The number of hydrogen-bond acceptors (Lipinski definition) is 2. The molecular formula is C42H26OS. The van der Waals surface area contributed by atoms with Crippen LogP contribution in [0.4, 0.5) is 0 Å². The molecule has 0 aliphatic heterocycles. The molecule has 0 saturated carbocycles. The van der Waals surface area contributed by atoms with Gasteiger partial charge in [-0.15, -0.1) is 11.3 Å². The lowest BCUT2D eigenvalue weighted by atomic mass is 9.93. The molecule has 44 heavy (non-hydrogen) atoms. The van der Waals surface area contributed by atoms with Gasteiger partial charge in [0.25, 0.3) is 0 Å². The van der Waals surface area contributed by atoms with E-state index in [9.17, 15) is 0 Å². The fourth-order valence-corrected chi connectivity index (χ4v) is 7.55. The fraction of sp³-hybridized carbons (Fsp3) is 0. The van der Waals surface area contributed by atoms with E-state index in [0.717, 1.165) is 27.5 Å². The summed E-state index contributed by atoms with van der Waals surface area (Å²) >= 11 is 1.85. The van der Waals surface area contributed by atoms with Crippen LogP contribution in [-0.2, 0) is 0 Å². The van der Waals surface area contributed by atoms with Crippen molar-refractivity contribution in [2.45, 2.75) is 0 Å². The van der Waals surface area contributed by atoms with Crippen LogP contribution in [0.3, 0.4) is 0 Å². The molecule has 0 atom stereocenters. The molecule has 1 nitrogen and oxygen atoms in total. The van der Waals surface area contributed by atoms with Gasteiger partial charge in [0.15, 0.2) is 0 Å². The molecule has 0 radical (unpaired) electrons. The van der Waals surface area contributed by atoms with Crippen molar-refractivity contribution < 1.29 is 4.42 Å². The van der Waals surface area contributed by atoms with Crippen LogP contribution in [0, 0.1) is 0 Å². The Morgan fingerprint density at radius 1 is 0.341 bits per heavy atom. The number of para-hydroxylation sites is 1. The van der Waals surface area contributed by atoms with Crippen LogP contribution >= 0.6 is 11.3 Å². The van der Waals surface area contributed by atoms with Crippen LogP contribution in [-0.4, -0.2) is 0 Å². The maximum absolute atomic E-state index is 6.55. The van der Waals surface area contributed by atoms with Crippen molar-refractivity contribution in [1.82, 2.24) is 0 Å². The van der Waals surface area contributed by atoms with E-state index in [1.807, 2.05) is 17.4 Å². The smallest absolute Gasteiger partial charge is 0.143 e. The summed E-state index contributed by atoms with van der Waals surface area (Å²) in [5.41, 5.74) is 11.3. The van der Waals surface area contributed by atoms with Crippen molar-refractivity contribution in [1.29, 1.82) is 0 Å². The molecule has 2 heterocycles. The first kappa shape index (κ1) is 25.1. The second kappa shape index (κ2) is 10.1. The fourth-order valence-electron chi connectivity index (χ4n) is 6.47. The highest BCUT2D eigenvalue weighted by Crippen LogP contribution is 2.42. The molecule has 0 bridgehead atoms. The standard InChI is InChI=1S/C42H26OS/c1-2-9-27(10-3-1)28-17-19-29(20-18-28)30-11-8-12-31(23-30)33-25-36(42-38(26-33)34-13-4-6-15-39(34)43-42)32-21-22-41-37(24-32)35-14-5-7-16-40(35)44-41/h1-26H. The van der Waals surface area contributed by atoms with Crippen molar-refractivity contribution in [2.75, 3.05) is 0 Å². The van der Waals surface area contributed by atoms with Crippen LogP contribution in [0.15, 0.2) is 162 Å². The normalized spacial score (nSPS) is 11.6. The van der Waals surface area contributed by atoms with Crippen LogP contribution in [0.2, 0.25) is 0 Å². The highest BCUT2D eigenvalue weighted by atomic mass is 32.1. The van der Waals surface area contributed by atoms with Crippen molar-refractivity contribution in [3.05, 3.63) is 158 Å². The van der Waals surface area contributed by atoms with Crippen molar-refractivity contribution in [2.24, 2.45) is 0 Å². The van der Waals surface area contributed by atoms with E-state index in [-0.39, 0.29) is 0 Å². The number of furan rings is 1. The van der Waals surface area contributed by atoms with Crippen molar-refractivity contribution >= 4 is 53.4 Å². The minimum absolute atomic E-state index is 0.912. The Balaban J connectivity index is 1.20. The molecular weight excluding hydrogens is 553 g/mol. The third-order valence-electron chi connectivity index (χ3n) is 8.69. The van der Waals surface area contributed by atoms with Gasteiger partial charge < -0.3 is 4.42 Å². The monoisotopic (exact) mass is 578 g/mol. The first-order valence-corrected chi connectivity index (χ1v) is 15.7. The highest BCUT2D eigenvalue weighted by Gasteiger charge is 2.16. The molecule has 0 N–H and O–H groups in total. The lowest BCUT2D eigenvalue weighted by molar-refractivity contribution is 0.670. The van der Waals surface area contributed by atoms with Gasteiger partial charge in [0.2, 0.25) is 0 Å². The predicted molar refractivity (Wildman–Crippen MR) is 188 cm³/mol. The molecule has 0 aliphatic carbocycles. The molecule has 9 rings (SSSR count). The minimum Gasteiger partial charge on any atom is -0.455 e. The molecule has 0 spiro atoms. The minimum atomic E-state index is 0.912. The quantitative estimate of drug-likeness (QED) is 0.202. The SMILES string of the molecule is c1ccc(-c2ccc(-c3cccc(-c4cc(-c5ccc6sc7ccccc7c6c5)c5oc6ccccc6c5c4)c3)cc2)cc1.